The molecule has 3 unspecified atom stereocenters. The summed E-state index contributed by atoms with van der Waals surface area (Å²) in [6.07, 6.45) is 1.07. The summed E-state index contributed by atoms with van der Waals surface area (Å²) >= 11 is 0. The summed E-state index contributed by atoms with van der Waals surface area (Å²) in [7, 11) is 1.62. The summed E-state index contributed by atoms with van der Waals surface area (Å²) in [6, 6.07) is -0.221. The Morgan fingerprint density at radius 3 is 2.88 bits per heavy atom. The molecule has 100 valence electrons. The van der Waals surface area contributed by atoms with Gasteiger partial charge in [0.1, 0.15) is 0 Å². The summed E-state index contributed by atoms with van der Waals surface area (Å²) in [5.41, 5.74) is -0.113. The number of amides is 1. The zero-order valence-corrected chi connectivity index (χ0v) is 11.2. The number of carbonyl (C=O) groups is 1. The Morgan fingerprint density at radius 2 is 2.35 bits per heavy atom. The van der Waals surface area contributed by atoms with Gasteiger partial charge in [0.2, 0.25) is 5.91 Å². The van der Waals surface area contributed by atoms with Crippen LogP contribution >= 0.6 is 0 Å². The Balaban J connectivity index is 2.37. The Morgan fingerprint density at radius 1 is 1.65 bits per heavy atom. The first-order valence-corrected chi connectivity index (χ1v) is 6.15. The van der Waals surface area contributed by atoms with Crippen LogP contribution in [0.3, 0.4) is 0 Å². The van der Waals surface area contributed by atoms with E-state index in [-0.39, 0.29) is 23.6 Å². The van der Waals surface area contributed by atoms with Crippen LogP contribution in [0.15, 0.2) is 0 Å². The highest BCUT2D eigenvalue weighted by atomic mass is 16.5. The second-order valence-corrected chi connectivity index (χ2v) is 4.83. The van der Waals surface area contributed by atoms with Gasteiger partial charge in [0, 0.05) is 25.8 Å². The molecule has 0 saturated carbocycles. The second kappa shape index (κ2) is 6.33. The predicted octanol–water partition coefficient (Wildman–Crippen LogP) is 0.295. The summed E-state index contributed by atoms with van der Waals surface area (Å²) in [6.45, 7) is 7.85. The molecule has 5 nitrogen and oxygen atoms in total. The minimum Gasteiger partial charge on any atom is -0.383 e. The van der Waals surface area contributed by atoms with Crippen LogP contribution in [0.1, 0.15) is 27.2 Å². The number of hydrogen-bond acceptors (Lipinski definition) is 4. The fourth-order valence-corrected chi connectivity index (χ4v) is 2.01. The SMILES string of the molecule is COCCNC(=O)C(C)NC1(C)CCOC1C. The molecule has 1 heterocycles. The molecule has 0 bridgehead atoms. The first-order valence-electron chi connectivity index (χ1n) is 6.15. The van der Waals surface area contributed by atoms with Gasteiger partial charge < -0.3 is 14.8 Å². The van der Waals surface area contributed by atoms with Crippen molar-refractivity contribution in [1.82, 2.24) is 10.6 Å². The van der Waals surface area contributed by atoms with Gasteiger partial charge in [-0.05, 0) is 27.2 Å². The van der Waals surface area contributed by atoms with Gasteiger partial charge in [-0.1, -0.05) is 0 Å². The lowest BCUT2D eigenvalue weighted by atomic mass is 9.93. The number of methoxy groups -OCH3 is 1. The van der Waals surface area contributed by atoms with Crippen molar-refractivity contribution >= 4 is 5.91 Å². The van der Waals surface area contributed by atoms with Gasteiger partial charge in [-0.3, -0.25) is 10.1 Å². The smallest absolute Gasteiger partial charge is 0.236 e. The van der Waals surface area contributed by atoms with E-state index in [2.05, 4.69) is 17.6 Å². The van der Waals surface area contributed by atoms with Crippen molar-refractivity contribution in [1.29, 1.82) is 0 Å². The highest BCUT2D eigenvalue weighted by Gasteiger charge is 2.38. The average Bonchev–Trinajstić information content (AvgIpc) is 2.59. The van der Waals surface area contributed by atoms with Gasteiger partial charge in [-0.2, -0.15) is 0 Å². The van der Waals surface area contributed by atoms with E-state index < -0.39 is 0 Å². The third kappa shape index (κ3) is 3.94. The van der Waals surface area contributed by atoms with Crippen molar-refractivity contribution in [3.63, 3.8) is 0 Å². The minimum atomic E-state index is -0.221. The van der Waals surface area contributed by atoms with Crippen molar-refractivity contribution in [3.8, 4) is 0 Å². The van der Waals surface area contributed by atoms with E-state index in [0.29, 0.717) is 13.2 Å². The summed E-state index contributed by atoms with van der Waals surface area (Å²) < 4.78 is 10.4. The summed E-state index contributed by atoms with van der Waals surface area (Å²) in [5, 5.41) is 6.18. The van der Waals surface area contributed by atoms with Crippen LogP contribution in [-0.2, 0) is 14.3 Å². The Hall–Kier alpha value is -0.650. The third-order valence-electron chi connectivity index (χ3n) is 3.43. The molecule has 1 rings (SSSR count). The van der Waals surface area contributed by atoms with E-state index in [0.717, 1.165) is 13.0 Å². The van der Waals surface area contributed by atoms with Gasteiger partial charge in [0.25, 0.3) is 0 Å². The molecule has 0 aromatic heterocycles. The molecule has 1 amide bonds. The molecule has 2 N–H and O–H groups in total. The molecule has 1 fully saturated rings. The van der Waals surface area contributed by atoms with Crippen molar-refractivity contribution in [2.24, 2.45) is 0 Å². The van der Waals surface area contributed by atoms with Gasteiger partial charge in [0.15, 0.2) is 0 Å². The van der Waals surface area contributed by atoms with E-state index in [9.17, 15) is 4.79 Å². The summed E-state index contributed by atoms with van der Waals surface area (Å²) in [5.74, 6) is 0.00220. The number of carbonyl (C=O) groups excluding carboxylic acids is 1. The van der Waals surface area contributed by atoms with Gasteiger partial charge in [-0.25, -0.2) is 0 Å². The average molecular weight is 244 g/mol. The molecule has 0 aromatic rings. The molecule has 3 atom stereocenters. The molecule has 17 heavy (non-hydrogen) atoms. The van der Waals surface area contributed by atoms with E-state index in [4.69, 9.17) is 9.47 Å². The first-order chi connectivity index (χ1) is 7.99. The van der Waals surface area contributed by atoms with Crippen molar-refractivity contribution in [3.05, 3.63) is 0 Å². The van der Waals surface area contributed by atoms with Crippen LogP contribution in [0.25, 0.3) is 0 Å². The number of rotatable bonds is 6. The molecular weight excluding hydrogens is 220 g/mol. The maximum atomic E-state index is 11.8. The van der Waals surface area contributed by atoms with E-state index >= 15 is 0 Å². The zero-order chi connectivity index (χ0) is 12.9. The lowest BCUT2D eigenvalue weighted by Crippen LogP contribution is -2.56. The van der Waals surface area contributed by atoms with Gasteiger partial charge in [0.05, 0.1) is 18.8 Å². The van der Waals surface area contributed by atoms with Gasteiger partial charge >= 0.3 is 0 Å². The maximum absolute atomic E-state index is 11.8. The lowest BCUT2D eigenvalue weighted by molar-refractivity contribution is -0.123. The second-order valence-electron chi connectivity index (χ2n) is 4.83. The first kappa shape index (κ1) is 14.4. The van der Waals surface area contributed by atoms with E-state index in [1.807, 2.05) is 13.8 Å². The van der Waals surface area contributed by atoms with Crippen molar-refractivity contribution in [2.45, 2.75) is 44.9 Å². The predicted molar refractivity (Wildman–Crippen MR) is 65.9 cm³/mol. The monoisotopic (exact) mass is 244 g/mol. The molecule has 0 aromatic carbocycles. The van der Waals surface area contributed by atoms with E-state index in [1.165, 1.54) is 0 Å². The number of nitrogens with one attached hydrogen (secondary N) is 2. The molecule has 1 aliphatic heterocycles. The zero-order valence-electron chi connectivity index (χ0n) is 11.2. The van der Waals surface area contributed by atoms with Crippen LogP contribution in [-0.4, -0.2) is 50.5 Å². The molecular formula is C12H24N2O3. The van der Waals surface area contributed by atoms with Gasteiger partial charge in [-0.15, -0.1) is 0 Å². The Labute approximate surface area is 103 Å². The maximum Gasteiger partial charge on any atom is 0.236 e. The number of hydrogen-bond donors (Lipinski definition) is 2. The van der Waals surface area contributed by atoms with E-state index in [1.54, 1.807) is 7.11 Å². The fraction of sp³-hybridized carbons (Fsp3) is 0.917. The topological polar surface area (TPSA) is 59.6 Å². The third-order valence-corrected chi connectivity index (χ3v) is 3.43. The van der Waals surface area contributed by atoms with Crippen LogP contribution in [0.5, 0.6) is 0 Å². The minimum absolute atomic E-state index is 0.00220. The quantitative estimate of drug-likeness (QED) is 0.660. The summed E-state index contributed by atoms with van der Waals surface area (Å²) in [4.78, 5) is 11.8. The van der Waals surface area contributed by atoms with Crippen molar-refractivity contribution in [2.75, 3.05) is 26.9 Å². The van der Waals surface area contributed by atoms with Crippen LogP contribution in [0, 0.1) is 0 Å². The lowest BCUT2D eigenvalue weighted by Gasteiger charge is -2.32. The van der Waals surface area contributed by atoms with Crippen molar-refractivity contribution < 1.29 is 14.3 Å². The largest absolute Gasteiger partial charge is 0.383 e. The molecule has 0 radical (unpaired) electrons. The normalized spacial score (nSPS) is 30.2. The molecule has 0 spiro atoms. The standard InChI is InChI=1S/C12H24N2O3/c1-9(11(15)13-6-8-16-4)14-12(3)5-7-17-10(12)2/h9-10,14H,5-8H2,1-4H3,(H,13,15). The molecule has 1 aliphatic rings. The molecule has 5 heteroatoms. The molecule has 0 aliphatic carbocycles. The van der Waals surface area contributed by atoms with Crippen LogP contribution in [0.2, 0.25) is 0 Å². The highest BCUT2D eigenvalue weighted by molar-refractivity contribution is 5.81. The Kier molecular flexibility index (Phi) is 5.36. The Bertz CT molecular complexity index is 260. The van der Waals surface area contributed by atoms with Crippen LogP contribution in [0.4, 0.5) is 0 Å². The number of ether oxygens (including phenoxy) is 2. The van der Waals surface area contributed by atoms with Crippen LogP contribution < -0.4 is 10.6 Å². The molecule has 1 saturated heterocycles. The fourth-order valence-electron chi connectivity index (χ4n) is 2.01. The highest BCUT2D eigenvalue weighted by Crippen LogP contribution is 2.25.